The van der Waals surface area contributed by atoms with Crippen molar-refractivity contribution in [3.63, 3.8) is 0 Å². The van der Waals surface area contributed by atoms with Gasteiger partial charge in [0.2, 0.25) is 5.91 Å². The second kappa shape index (κ2) is 8.36. The normalized spacial score (nSPS) is 26.1. The molecule has 5 heteroatoms. The van der Waals surface area contributed by atoms with E-state index in [9.17, 15) is 4.79 Å². The van der Waals surface area contributed by atoms with E-state index in [4.69, 9.17) is 0 Å². The number of nitrogens with zero attached hydrogens (tertiary/aromatic N) is 3. The molecule has 0 aromatic heterocycles. The highest BCUT2D eigenvalue weighted by atomic mass is 16.1. The predicted octanol–water partition coefficient (Wildman–Crippen LogP) is 1.78. The van der Waals surface area contributed by atoms with Gasteiger partial charge in [-0.25, -0.2) is 0 Å². The molecule has 1 N–H and O–H groups in total. The third-order valence-electron chi connectivity index (χ3n) is 6.83. The van der Waals surface area contributed by atoms with Crippen molar-refractivity contribution in [1.82, 2.24) is 20.0 Å². The number of likely N-dealkylation sites (tertiary alicyclic amines) is 1. The van der Waals surface area contributed by atoms with Crippen LogP contribution in [0.1, 0.15) is 52.9 Å². The highest BCUT2D eigenvalue weighted by Gasteiger charge is 2.46. The minimum atomic E-state index is 0.217. The summed E-state index contributed by atoms with van der Waals surface area (Å²) in [6.45, 7) is 16.4. The average Bonchev–Trinajstić information content (AvgIpc) is 2.60. The molecule has 3 rings (SSSR count). The molecule has 0 unspecified atom stereocenters. The Morgan fingerprint density at radius 3 is 2.08 bits per heavy atom. The largest absolute Gasteiger partial charge is 0.353 e. The molecule has 2 saturated heterocycles. The summed E-state index contributed by atoms with van der Waals surface area (Å²) in [5, 5.41) is 3.17. The third kappa shape index (κ3) is 4.95. The Balaban J connectivity index is 1.30. The van der Waals surface area contributed by atoms with Crippen LogP contribution >= 0.6 is 0 Å². The van der Waals surface area contributed by atoms with Crippen molar-refractivity contribution < 1.29 is 4.79 Å². The van der Waals surface area contributed by atoms with E-state index in [0.717, 1.165) is 0 Å². The van der Waals surface area contributed by atoms with E-state index in [1.807, 2.05) is 6.92 Å². The first-order valence-corrected chi connectivity index (χ1v) is 10.5. The molecule has 0 radical (unpaired) electrons. The summed E-state index contributed by atoms with van der Waals surface area (Å²) >= 11 is 0. The van der Waals surface area contributed by atoms with Gasteiger partial charge in [0, 0.05) is 57.8 Å². The number of nitrogens with one attached hydrogen (secondary N) is 1. The van der Waals surface area contributed by atoms with Gasteiger partial charge in [0.05, 0.1) is 0 Å². The minimum absolute atomic E-state index is 0.217. The molecule has 5 nitrogen and oxygen atoms in total. The number of hydrogen-bond donors (Lipinski definition) is 1. The lowest BCUT2D eigenvalue weighted by Gasteiger charge is -2.52. The quantitative estimate of drug-likeness (QED) is 0.793. The van der Waals surface area contributed by atoms with Gasteiger partial charge in [-0.15, -0.1) is 0 Å². The van der Waals surface area contributed by atoms with Crippen LogP contribution in [-0.2, 0) is 4.79 Å². The fourth-order valence-corrected chi connectivity index (χ4v) is 4.86. The second-order valence-corrected chi connectivity index (χ2v) is 8.84. The van der Waals surface area contributed by atoms with E-state index in [0.29, 0.717) is 23.9 Å². The number of piperazine rings is 1. The van der Waals surface area contributed by atoms with E-state index in [1.54, 1.807) is 0 Å². The molecule has 3 aliphatic rings. The van der Waals surface area contributed by atoms with Crippen LogP contribution < -0.4 is 5.32 Å². The van der Waals surface area contributed by atoms with Gasteiger partial charge < -0.3 is 10.2 Å². The number of carbonyl (C=O) groups excluding carboxylic acids is 1. The average molecular weight is 351 g/mol. The number of rotatable bonds is 6. The maximum absolute atomic E-state index is 11.5. The van der Waals surface area contributed by atoms with Gasteiger partial charge >= 0.3 is 0 Å². The molecule has 0 aromatic rings. The fraction of sp³-hybridized carbons (Fsp3) is 0.950. The van der Waals surface area contributed by atoms with Crippen molar-refractivity contribution in [1.29, 1.82) is 0 Å². The summed E-state index contributed by atoms with van der Waals surface area (Å²) in [7, 11) is 0. The van der Waals surface area contributed by atoms with Crippen molar-refractivity contribution in [3.05, 3.63) is 0 Å². The Hall–Kier alpha value is -0.650. The van der Waals surface area contributed by atoms with Crippen molar-refractivity contribution in [2.24, 2.45) is 5.41 Å². The number of piperidine rings is 1. The van der Waals surface area contributed by atoms with Gasteiger partial charge in [0.25, 0.3) is 0 Å². The number of hydrogen-bond acceptors (Lipinski definition) is 4. The molecule has 1 aliphatic carbocycles. The van der Waals surface area contributed by atoms with Gasteiger partial charge in [0.15, 0.2) is 0 Å². The monoisotopic (exact) mass is 350 g/mol. The van der Waals surface area contributed by atoms with Crippen molar-refractivity contribution in [2.45, 2.75) is 65.0 Å². The van der Waals surface area contributed by atoms with E-state index < -0.39 is 0 Å². The molecule has 0 atom stereocenters. The van der Waals surface area contributed by atoms with Gasteiger partial charge in [0.1, 0.15) is 0 Å². The molecule has 0 bridgehead atoms. The highest BCUT2D eigenvalue weighted by molar-refractivity contribution is 5.75. The Labute approximate surface area is 154 Å². The smallest absolute Gasteiger partial charge is 0.219 e. The van der Waals surface area contributed by atoms with Crippen molar-refractivity contribution in [2.75, 3.05) is 52.4 Å². The lowest BCUT2D eigenvalue weighted by molar-refractivity contribution is -0.123. The van der Waals surface area contributed by atoms with Crippen LogP contribution in [0.3, 0.4) is 0 Å². The molecule has 3 fully saturated rings. The molecule has 25 heavy (non-hydrogen) atoms. The first-order chi connectivity index (χ1) is 12.0. The Morgan fingerprint density at radius 2 is 1.56 bits per heavy atom. The molecule has 144 valence electrons. The number of carbonyl (C=O) groups is 1. The molecular weight excluding hydrogens is 312 g/mol. The van der Waals surface area contributed by atoms with E-state index in [2.05, 4.69) is 33.9 Å². The summed E-state index contributed by atoms with van der Waals surface area (Å²) in [6, 6.07) is 1.14. The van der Waals surface area contributed by atoms with Crippen LogP contribution in [-0.4, -0.2) is 85.0 Å². The summed E-state index contributed by atoms with van der Waals surface area (Å²) in [4.78, 5) is 19.4. The first-order valence-electron chi connectivity index (χ1n) is 10.5. The van der Waals surface area contributed by atoms with Gasteiger partial charge in [-0.05, 0) is 58.0 Å². The maximum Gasteiger partial charge on any atom is 0.219 e. The zero-order chi connectivity index (χ0) is 17.9. The van der Waals surface area contributed by atoms with E-state index in [-0.39, 0.29) is 5.91 Å². The summed E-state index contributed by atoms with van der Waals surface area (Å²) in [5.41, 5.74) is 0.547. The fourth-order valence-electron chi connectivity index (χ4n) is 4.86. The standard InChI is InChI=1S/C20H38N4O/c1-4-19(25)21-18-15-20(16-18)5-7-22(8-6-20)9-10-23-11-13-24(14-12-23)17(2)3/h17-18H,4-16H2,1-3H3,(H,21,25). The Morgan fingerprint density at radius 1 is 1.00 bits per heavy atom. The lowest BCUT2D eigenvalue weighted by atomic mass is 9.60. The van der Waals surface area contributed by atoms with Crippen LogP contribution in [0.25, 0.3) is 0 Å². The molecule has 1 amide bonds. The van der Waals surface area contributed by atoms with Crippen molar-refractivity contribution in [3.8, 4) is 0 Å². The minimum Gasteiger partial charge on any atom is -0.353 e. The van der Waals surface area contributed by atoms with Crippen LogP contribution in [0.2, 0.25) is 0 Å². The summed E-state index contributed by atoms with van der Waals surface area (Å²) in [5.74, 6) is 0.217. The topological polar surface area (TPSA) is 38.8 Å². The van der Waals surface area contributed by atoms with Crippen LogP contribution in [0.5, 0.6) is 0 Å². The zero-order valence-electron chi connectivity index (χ0n) is 16.6. The van der Waals surface area contributed by atoms with Crippen LogP contribution in [0.15, 0.2) is 0 Å². The summed E-state index contributed by atoms with van der Waals surface area (Å²) in [6.07, 6.45) is 5.69. The van der Waals surface area contributed by atoms with Gasteiger partial charge in [-0.1, -0.05) is 6.92 Å². The molecular formula is C20H38N4O. The molecule has 2 heterocycles. The molecule has 2 aliphatic heterocycles. The molecule has 1 spiro atoms. The molecule has 0 aromatic carbocycles. The highest BCUT2D eigenvalue weighted by Crippen LogP contribution is 2.49. The van der Waals surface area contributed by atoms with Crippen LogP contribution in [0.4, 0.5) is 0 Å². The van der Waals surface area contributed by atoms with Gasteiger partial charge in [-0.3, -0.25) is 14.6 Å². The predicted molar refractivity (Wildman–Crippen MR) is 103 cm³/mol. The molecule has 1 saturated carbocycles. The summed E-state index contributed by atoms with van der Waals surface area (Å²) < 4.78 is 0. The Bertz CT molecular complexity index is 429. The zero-order valence-corrected chi connectivity index (χ0v) is 16.6. The van der Waals surface area contributed by atoms with Crippen LogP contribution in [0, 0.1) is 5.41 Å². The second-order valence-electron chi connectivity index (χ2n) is 8.84. The maximum atomic E-state index is 11.5. The third-order valence-corrected chi connectivity index (χ3v) is 6.83. The first kappa shape index (κ1) is 19.1. The van der Waals surface area contributed by atoms with E-state index in [1.165, 1.54) is 78.0 Å². The van der Waals surface area contributed by atoms with Crippen molar-refractivity contribution >= 4 is 5.91 Å². The van der Waals surface area contributed by atoms with E-state index >= 15 is 0 Å². The SMILES string of the molecule is CCC(=O)NC1CC2(CCN(CCN3CCN(C(C)C)CC3)CC2)C1. The Kier molecular flexibility index (Phi) is 6.39. The van der Waals surface area contributed by atoms with Gasteiger partial charge in [-0.2, -0.15) is 0 Å². The lowest BCUT2D eigenvalue weighted by Crippen LogP contribution is -2.55. The number of amides is 1.